The maximum Gasteiger partial charge on any atom is 0.224 e. The van der Waals surface area contributed by atoms with E-state index < -0.39 is 0 Å². The van der Waals surface area contributed by atoms with Gasteiger partial charge in [-0.15, -0.1) is 0 Å². The number of anilines is 1. The predicted octanol–water partition coefficient (Wildman–Crippen LogP) is 4.04. The molecule has 2 N–H and O–H groups in total. The minimum atomic E-state index is -0.270. The van der Waals surface area contributed by atoms with Crippen LogP contribution in [0.15, 0.2) is 42.5 Å². The van der Waals surface area contributed by atoms with E-state index in [9.17, 15) is 9.18 Å². The van der Waals surface area contributed by atoms with Crippen LogP contribution in [0.25, 0.3) is 0 Å². The highest BCUT2D eigenvalue weighted by molar-refractivity contribution is 5.91. The van der Waals surface area contributed by atoms with E-state index in [2.05, 4.69) is 10.6 Å². The number of amides is 1. The molecular formula is C21H25FN2O2. The molecule has 1 unspecified atom stereocenters. The SMILES string of the molecule is Cc1cc(OCc2cccc(F)c2)ccc1NC(=O)CCC1CCNC1. The molecule has 1 saturated heterocycles. The van der Waals surface area contributed by atoms with Gasteiger partial charge in [-0.2, -0.15) is 0 Å². The van der Waals surface area contributed by atoms with Crippen molar-refractivity contribution in [2.75, 3.05) is 18.4 Å². The molecule has 5 heteroatoms. The van der Waals surface area contributed by atoms with Crippen molar-refractivity contribution in [3.8, 4) is 5.75 Å². The summed E-state index contributed by atoms with van der Waals surface area (Å²) in [6.45, 7) is 4.32. The van der Waals surface area contributed by atoms with Gasteiger partial charge in [-0.1, -0.05) is 12.1 Å². The van der Waals surface area contributed by atoms with E-state index in [0.717, 1.165) is 42.7 Å². The predicted molar refractivity (Wildman–Crippen MR) is 101 cm³/mol. The number of aryl methyl sites for hydroxylation is 1. The first-order valence-corrected chi connectivity index (χ1v) is 9.08. The zero-order chi connectivity index (χ0) is 18.4. The molecule has 0 radical (unpaired) electrons. The molecular weight excluding hydrogens is 331 g/mol. The summed E-state index contributed by atoms with van der Waals surface area (Å²) in [5, 5.41) is 6.30. The third-order valence-electron chi connectivity index (χ3n) is 4.71. The Morgan fingerprint density at radius 3 is 2.92 bits per heavy atom. The van der Waals surface area contributed by atoms with Crippen LogP contribution < -0.4 is 15.4 Å². The second-order valence-corrected chi connectivity index (χ2v) is 6.84. The van der Waals surface area contributed by atoms with Gasteiger partial charge in [0.1, 0.15) is 18.2 Å². The summed E-state index contributed by atoms with van der Waals surface area (Å²) in [6, 6.07) is 11.9. The van der Waals surface area contributed by atoms with Crippen LogP contribution in [0.1, 0.15) is 30.4 Å². The molecule has 0 spiro atoms. The van der Waals surface area contributed by atoms with Crippen molar-refractivity contribution in [3.05, 3.63) is 59.4 Å². The fraction of sp³-hybridized carbons (Fsp3) is 0.381. The molecule has 1 aliphatic rings. The van der Waals surface area contributed by atoms with Gasteiger partial charge in [-0.25, -0.2) is 4.39 Å². The van der Waals surface area contributed by atoms with Gasteiger partial charge in [0.15, 0.2) is 0 Å². The standard InChI is InChI=1S/C21H25FN2O2/c1-15-11-19(26-14-17-3-2-4-18(22)12-17)6-7-20(15)24-21(25)8-5-16-9-10-23-13-16/h2-4,6-7,11-12,16,23H,5,8-10,13-14H2,1H3,(H,24,25). The Kier molecular flexibility index (Phi) is 6.23. The van der Waals surface area contributed by atoms with E-state index in [-0.39, 0.29) is 11.7 Å². The molecule has 1 heterocycles. The number of nitrogens with one attached hydrogen (secondary N) is 2. The summed E-state index contributed by atoms with van der Waals surface area (Å²) < 4.78 is 18.9. The Balaban J connectivity index is 1.50. The second-order valence-electron chi connectivity index (χ2n) is 6.84. The molecule has 0 aromatic heterocycles. The van der Waals surface area contributed by atoms with E-state index in [1.807, 2.05) is 31.2 Å². The first kappa shape index (κ1) is 18.4. The number of hydrogen-bond acceptors (Lipinski definition) is 3. The first-order chi connectivity index (χ1) is 12.6. The third-order valence-corrected chi connectivity index (χ3v) is 4.71. The third kappa shape index (κ3) is 5.30. The topological polar surface area (TPSA) is 50.4 Å². The number of carbonyl (C=O) groups excluding carboxylic acids is 1. The van der Waals surface area contributed by atoms with Crippen molar-refractivity contribution in [3.63, 3.8) is 0 Å². The maximum atomic E-state index is 13.2. The van der Waals surface area contributed by atoms with Crippen molar-refractivity contribution in [2.24, 2.45) is 5.92 Å². The summed E-state index contributed by atoms with van der Waals surface area (Å²) in [6.07, 6.45) is 2.62. The largest absolute Gasteiger partial charge is 0.489 e. The second kappa shape index (κ2) is 8.81. The monoisotopic (exact) mass is 356 g/mol. The van der Waals surface area contributed by atoms with Gasteiger partial charge >= 0.3 is 0 Å². The van der Waals surface area contributed by atoms with Gasteiger partial charge < -0.3 is 15.4 Å². The van der Waals surface area contributed by atoms with Gasteiger partial charge in [0.05, 0.1) is 0 Å². The van der Waals surface area contributed by atoms with E-state index in [1.54, 1.807) is 6.07 Å². The summed E-state index contributed by atoms with van der Waals surface area (Å²) >= 11 is 0. The van der Waals surface area contributed by atoms with Crippen molar-refractivity contribution in [2.45, 2.75) is 32.8 Å². The Hall–Kier alpha value is -2.40. The van der Waals surface area contributed by atoms with Crippen LogP contribution in [0.3, 0.4) is 0 Å². The minimum absolute atomic E-state index is 0.0495. The average molecular weight is 356 g/mol. The molecule has 138 valence electrons. The van der Waals surface area contributed by atoms with Gasteiger partial charge in [-0.05, 0) is 80.2 Å². The molecule has 2 aromatic rings. The fourth-order valence-corrected chi connectivity index (χ4v) is 3.17. The van der Waals surface area contributed by atoms with Gasteiger partial charge in [-0.3, -0.25) is 4.79 Å². The number of benzene rings is 2. The lowest BCUT2D eigenvalue weighted by Crippen LogP contribution is -2.15. The molecule has 1 fully saturated rings. The van der Waals surface area contributed by atoms with Crippen molar-refractivity contribution in [1.82, 2.24) is 5.32 Å². The summed E-state index contributed by atoms with van der Waals surface area (Å²) in [5.41, 5.74) is 2.52. The van der Waals surface area contributed by atoms with Crippen LogP contribution in [-0.4, -0.2) is 19.0 Å². The Bertz CT molecular complexity index is 757. The van der Waals surface area contributed by atoms with E-state index in [0.29, 0.717) is 24.7 Å². The number of ether oxygens (including phenoxy) is 1. The minimum Gasteiger partial charge on any atom is -0.489 e. The molecule has 1 atom stereocenters. The smallest absolute Gasteiger partial charge is 0.224 e. The number of carbonyl (C=O) groups is 1. The quantitative estimate of drug-likeness (QED) is 0.787. The van der Waals surface area contributed by atoms with Crippen LogP contribution >= 0.6 is 0 Å². The lowest BCUT2D eigenvalue weighted by molar-refractivity contribution is -0.116. The van der Waals surface area contributed by atoms with E-state index >= 15 is 0 Å². The lowest BCUT2D eigenvalue weighted by atomic mass is 10.0. The van der Waals surface area contributed by atoms with Crippen LogP contribution in [0.2, 0.25) is 0 Å². The van der Waals surface area contributed by atoms with Gasteiger partial charge in [0, 0.05) is 12.1 Å². The van der Waals surface area contributed by atoms with Crippen molar-refractivity contribution in [1.29, 1.82) is 0 Å². The molecule has 2 aromatic carbocycles. The van der Waals surface area contributed by atoms with Gasteiger partial charge in [0.25, 0.3) is 0 Å². The molecule has 4 nitrogen and oxygen atoms in total. The average Bonchev–Trinajstić information content (AvgIpc) is 3.14. The summed E-state index contributed by atoms with van der Waals surface area (Å²) in [4.78, 5) is 12.2. The van der Waals surface area contributed by atoms with E-state index in [1.165, 1.54) is 12.1 Å². The first-order valence-electron chi connectivity index (χ1n) is 9.08. The number of halogens is 1. The highest BCUT2D eigenvalue weighted by Gasteiger charge is 2.16. The normalized spacial score (nSPS) is 16.5. The van der Waals surface area contributed by atoms with Gasteiger partial charge in [0.2, 0.25) is 5.91 Å². The molecule has 3 rings (SSSR count). The molecule has 0 saturated carbocycles. The van der Waals surface area contributed by atoms with Crippen LogP contribution in [0, 0.1) is 18.7 Å². The summed E-state index contributed by atoms with van der Waals surface area (Å²) in [7, 11) is 0. The Morgan fingerprint density at radius 1 is 1.31 bits per heavy atom. The molecule has 1 amide bonds. The highest BCUT2D eigenvalue weighted by Crippen LogP contribution is 2.23. The summed E-state index contributed by atoms with van der Waals surface area (Å²) in [5.74, 6) is 1.09. The fourth-order valence-electron chi connectivity index (χ4n) is 3.17. The molecule has 0 bridgehead atoms. The van der Waals surface area contributed by atoms with Crippen LogP contribution in [-0.2, 0) is 11.4 Å². The Morgan fingerprint density at radius 2 is 2.19 bits per heavy atom. The zero-order valence-electron chi connectivity index (χ0n) is 15.1. The zero-order valence-corrected chi connectivity index (χ0v) is 15.1. The highest BCUT2D eigenvalue weighted by atomic mass is 19.1. The van der Waals surface area contributed by atoms with Crippen molar-refractivity contribution < 1.29 is 13.9 Å². The van der Waals surface area contributed by atoms with Crippen LogP contribution in [0.5, 0.6) is 5.75 Å². The van der Waals surface area contributed by atoms with Crippen molar-refractivity contribution >= 4 is 11.6 Å². The molecule has 0 aliphatic carbocycles. The lowest BCUT2D eigenvalue weighted by Gasteiger charge is -2.12. The Labute approximate surface area is 153 Å². The number of rotatable bonds is 7. The molecule has 1 aliphatic heterocycles. The van der Waals surface area contributed by atoms with Crippen LogP contribution in [0.4, 0.5) is 10.1 Å². The molecule has 26 heavy (non-hydrogen) atoms. The van der Waals surface area contributed by atoms with E-state index in [4.69, 9.17) is 4.74 Å². The maximum absolute atomic E-state index is 13.2. The number of hydrogen-bond donors (Lipinski definition) is 2.